The Kier molecular flexibility index (Phi) is 6.92. The van der Waals surface area contributed by atoms with Gasteiger partial charge in [0.1, 0.15) is 0 Å². The third kappa shape index (κ3) is 5.28. The minimum atomic E-state index is -0.914. The average molecular weight is 267 g/mol. The average Bonchev–Trinajstić information content (AvgIpc) is 2.39. The van der Waals surface area contributed by atoms with Crippen LogP contribution in [0.25, 0.3) is 0 Å². The topological polar surface area (TPSA) is 67.8 Å². The second-order valence-electron chi connectivity index (χ2n) is 4.19. The van der Waals surface area contributed by atoms with E-state index >= 15 is 0 Å². The van der Waals surface area contributed by atoms with Gasteiger partial charge < -0.3 is 19.9 Å². The molecule has 0 heterocycles. The number of benzene rings is 1. The maximum atomic E-state index is 11.1. The van der Waals surface area contributed by atoms with Crippen LogP contribution in [0.2, 0.25) is 0 Å². The number of nitrogens with one attached hydrogen (secondary N) is 1. The van der Waals surface area contributed by atoms with Crippen molar-refractivity contribution in [1.82, 2.24) is 0 Å². The molecule has 0 bridgehead atoms. The number of hydrogen-bond donors (Lipinski definition) is 2. The Morgan fingerprint density at radius 2 is 2.11 bits per heavy atom. The fourth-order valence-electron chi connectivity index (χ4n) is 1.71. The molecule has 0 aromatic heterocycles. The summed E-state index contributed by atoms with van der Waals surface area (Å²) in [6.07, 6.45) is 0.817. The smallest absolute Gasteiger partial charge is 0.337 e. The molecule has 1 rings (SSSR count). The Hall–Kier alpha value is -1.59. The first-order valence-electron chi connectivity index (χ1n) is 6.30. The highest BCUT2D eigenvalue weighted by Gasteiger charge is 2.10. The molecule has 0 aliphatic rings. The van der Waals surface area contributed by atoms with Crippen LogP contribution in [0.15, 0.2) is 18.2 Å². The van der Waals surface area contributed by atoms with E-state index in [0.717, 1.165) is 12.0 Å². The van der Waals surface area contributed by atoms with Gasteiger partial charge in [-0.25, -0.2) is 4.79 Å². The van der Waals surface area contributed by atoms with Crippen molar-refractivity contribution in [2.24, 2.45) is 0 Å². The van der Waals surface area contributed by atoms with Gasteiger partial charge in [0.25, 0.3) is 0 Å². The summed E-state index contributed by atoms with van der Waals surface area (Å²) in [5.74, 6) is -0.914. The molecule has 0 fully saturated rings. The SMILES string of the molecule is COCCOCCCNc1c(C)cccc1C(=O)O. The van der Waals surface area contributed by atoms with Crippen LogP contribution in [0.4, 0.5) is 5.69 Å². The zero-order valence-corrected chi connectivity index (χ0v) is 11.4. The van der Waals surface area contributed by atoms with E-state index in [1.165, 1.54) is 0 Å². The Morgan fingerprint density at radius 1 is 1.32 bits per heavy atom. The number of aryl methyl sites for hydroxylation is 1. The van der Waals surface area contributed by atoms with Gasteiger partial charge in [0.05, 0.1) is 24.5 Å². The van der Waals surface area contributed by atoms with Crippen LogP contribution in [0, 0.1) is 6.92 Å². The molecule has 0 atom stereocenters. The van der Waals surface area contributed by atoms with Crippen LogP contribution in [0.5, 0.6) is 0 Å². The largest absolute Gasteiger partial charge is 0.478 e. The molecule has 1 aromatic carbocycles. The van der Waals surface area contributed by atoms with Crippen LogP contribution in [0.1, 0.15) is 22.3 Å². The van der Waals surface area contributed by atoms with Gasteiger partial charge in [0.2, 0.25) is 0 Å². The highest BCUT2D eigenvalue weighted by Crippen LogP contribution is 2.20. The van der Waals surface area contributed by atoms with Gasteiger partial charge in [-0.3, -0.25) is 0 Å². The number of para-hydroxylation sites is 1. The van der Waals surface area contributed by atoms with Crippen LogP contribution in [0.3, 0.4) is 0 Å². The molecule has 0 amide bonds. The molecule has 5 heteroatoms. The number of anilines is 1. The van der Waals surface area contributed by atoms with E-state index in [0.29, 0.717) is 37.6 Å². The van der Waals surface area contributed by atoms with Crippen molar-refractivity contribution in [2.75, 3.05) is 38.8 Å². The summed E-state index contributed by atoms with van der Waals surface area (Å²) < 4.78 is 10.2. The molecule has 5 nitrogen and oxygen atoms in total. The van der Waals surface area contributed by atoms with Crippen LogP contribution < -0.4 is 5.32 Å². The molecule has 19 heavy (non-hydrogen) atoms. The van der Waals surface area contributed by atoms with E-state index in [1.807, 2.05) is 13.0 Å². The lowest BCUT2D eigenvalue weighted by atomic mass is 10.1. The highest BCUT2D eigenvalue weighted by atomic mass is 16.5. The molecule has 0 unspecified atom stereocenters. The fourth-order valence-corrected chi connectivity index (χ4v) is 1.71. The van der Waals surface area contributed by atoms with Crippen molar-refractivity contribution >= 4 is 11.7 Å². The summed E-state index contributed by atoms with van der Waals surface area (Å²) in [5.41, 5.74) is 1.92. The highest BCUT2D eigenvalue weighted by molar-refractivity contribution is 5.95. The summed E-state index contributed by atoms with van der Waals surface area (Å²) in [4.78, 5) is 11.1. The van der Waals surface area contributed by atoms with Crippen molar-refractivity contribution in [1.29, 1.82) is 0 Å². The Morgan fingerprint density at radius 3 is 2.79 bits per heavy atom. The van der Waals surface area contributed by atoms with Crippen molar-refractivity contribution in [3.63, 3.8) is 0 Å². The first kappa shape index (κ1) is 15.5. The first-order chi connectivity index (χ1) is 9.16. The Bertz CT molecular complexity index is 406. The molecule has 0 aliphatic heterocycles. The maximum absolute atomic E-state index is 11.1. The summed E-state index contributed by atoms with van der Waals surface area (Å²) in [6.45, 7) is 4.38. The first-order valence-corrected chi connectivity index (χ1v) is 6.30. The van der Waals surface area contributed by atoms with Gasteiger partial charge >= 0.3 is 5.97 Å². The maximum Gasteiger partial charge on any atom is 0.337 e. The van der Waals surface area contributed by atoms with Crippen molar-refractivity contribution in [2.45, 2.75) is 13.3 Å². The number of ether oxygens (including phenoxy) is 2. The molecule has 1 aromatic rings. The number of rotatable bonds is 9. The van der Waals surface area contributed by atoms with E-state index < -0.39 is 5.97 Å². The monoisotopic (exact) mass is 267 g/mol. The second kappa shape index (κ2) is 8.50. The molecule has 0 saturated heterocycles. The van der Waals surface area contributed by atoms with E-state index in [2.05, 4.69) is 5.32 Å². The Labute approximate surface area is 113 Å². The van der Waals surface area contributed by atoms with Gasteiger partial charge in [0, 0.05) is 20.3 Å². The predicted molar refractivity (Wildman–Crippen MR) is 73.9 cm³/mol. The minimum absolute atomic E-state index is 0.306. The summed E-state index contributed by atoms with van der Waals surface area (Å²) in [6, 6.07) is 5.24. The third-order valence-corrected chi connectivity index (χ3v) is 2.70. The lowest BCUT2D eigenvalue weighted by Crippen LogP contribution is -2.11. The summed E-state index contributed by atoms with van der Waals surface area (Å²) >= 11 is 0. The van der Waals surface area contributed by atoms with Crippen LogP contribution in [-0.2, 0) is 9.47 Å². The lowest BCUT2D eigenvalue weighted by Gasteiger charge is -2.12. The van der Waals surface area contributed by atoms with Crippen LogP contribution >= 0.6 is 0 Å². The van der Waals surface area contributed by atoms with E-state index in [-0.39, 0.29) is 0 Å². The number of carboxylic acid groups (broad SMARTS) is 1. The number of methoxy groups -OCH3 is 1. The number of carbonyl (C=O) groups is 1. The van der Waals surface area contributed by atoms with Crippen LogP contribution in [-0.4, -0.2) is 44.6 Å². The van der Waals surface area contributed by atoms with E-state index in [9.17, 15) is 4.79 Å². The molecule has 0 aliphatic carbocycles. The van der Waals surface area contributed by atoms with Gasteiger partial charge in [-0.05, 0) is 25.0 Å². The van der Waals surface area contributed by atoms with Gasteiger partial charge in [-0.2, -0.15) is 0 Å². The van der Waals surface area contributed by atoms with E-state index in [4.69, 9.17) is 14.6 Å². The second-order valence-corrected chi connectivity index (χ2v) is 4.19. The van der Waals surface area contributed by atoms with Gasteiger partial charge in [-0.1, -0.05) is 12.1 Å². The van der Waals surface area contributed by atoms with Crippen molar-refractivity contribution < 1.29 is 19.4 Å². The minimum Gasteiger partial charge on any atom is -0.478 e. The zero-order valence-electron chi connectivity index (χ0n) is 11.4. The molecule has 106 valence electrons. The number of hydrogen-bond acceptors (Lipinski definition) is 4. The summed E-state index contributed by atoms with van der Waals surface area (Å²) in [5, 5.41) is 12.3. The van der Waals surface area contributed by atoms with Crippen molar-refractivity contribution in [3.05, 3.63) is 29.3 Å². The molecular weight excluding hydrogens is 246 g/mol. The molecule has 0 saturated carbocycles. The third-order valence-electron chi connectivity index (χ3n) is 2.70. The molecular formula is C14H21NO4. The van der Waals surface area contributed by atoms with Gasteiger partial charge in [-0.15, -0.1) is 0 Å². The predicted octanol–water partition coefficient (Wildman–Crippen LogP) is 2.16. The molecule has 0 spiro atoms. The standard InChI is InChI=1S/C14H21NO4/c1-11-5-3-6-12(14(16)17)13(11)15-7-4-8-19-10-9-18-2/h3,5-6,15H,4,7-10H2,1-2H3,(H,16,17). The fraction of sp³-hybridized carbons (Fsp3) is 0.500. The zero-order chi connectivity index (χ0) is 14.1. The quantitative estimate of drug-likeness (QED) is 0.671. The normalized spacial score (nSPS) is 10.4. The molecule has 2 N–H and O–H groups in total. The number of carboxylic acids is 1. The summed E-state index contributed by atoms with van der Waals surface area (Å²) in [7, 11) is 1.64. The lowest BCUT2D eigenvalue weighted by molar-refractivity contribution is 0.0697. The van der Waals surface area contributed by atoms with Crippen molar-refractivity contribution in [3.8, 4) is 0 Å². The number of aromatic carboxylic acids is 1. The Balaban J connectivity index is 2.38. The van der Waals surface area contributed by atoms with Gasteiger partial charge in [0.15, 0.2) is 0 Å². The molecule has 0 radical (unpaired) electrons. The van der Waals surface area contributed by atoms with E-state index in [1.54, 1.807) is 19.2 Å².